The molecule has 4 nitrogen and oxygen atoms in total. The average molecular weight is 403 g/mol. The van der Waals surface area contributed by atoms with Crippen molar-refractivity contribution in [1.82, 2.24) is 9.80 Å². The summed E-state index contributed by atoms with van der Waals surface area (Å²) < 4.78 is 6.43. The van der Waals surface area contributed by atoms with E-state index in [1.807, 2.05) is 6.07 Å². The maximum Gasteiger partial charge on any atom is 0.263 e. The van der Waals surface area contributed by atoms with Gasteiger partial charge in [0.1, 0.15) is 0 Å². The zero-order valence-corrected chi connectivity index (χ0v) is 18.0. The molecule has 0 aromatic carbocycles. The lowest BCUT2D eigenvalue weighted by Gasteiger charge is -2.63. The van der Waals surface area contributed by atoms with Crippen LogP contribution in [0.1, 0.15) is 72.3 Å². The van der Waals surface area contributed by atoms with Gasteiger partial charge in [-0.1, -0.05) is 19.3 Å². The van der Waals surface area contributed by atoms with Crippen molar-refractivity contribution in [3.8, 4) is 0 Å². The molecule has 1 aromatic heterocycles. The maximum absolute atomic E-state index is 12.8. The van der Waals surface area contributed by atoms with Crippen LogP contribution < -0.4 is 0 Å². The van der Waals surface area contributed by atoms with Crippen LogP contribution in [0.2, 0.25) is 0 Å². The molecule has 4 aliphatic rings. The number of thiophene rings is 1. The van der Waals surface area contributed by atoms with Crippen molar-refractivity contribution in [3.05, 3.63) is 21.9 Å². The first-order valence-corrected chi connectivity index (χ1v) is 12.2. The lowest BCUT2D eigenvalue weighted by Crippen LogP contribution is -2.75. The van der Waals surface area contributed by atoms with E-state index in [4.69, 9.17) is 4.74 Å². The Hall–Kier alpha value is -0.910. The van der Waals surface area contributed by atoms with Gasteiger partial charge in [-0.2, -0.15) is 0 Å². The van der Waals surface area contributed by atoms with Crippen molar-refractivity contribution >= 4 is 17.2 Å². The fraction of sp³-hybridized carbons (Fsp3) is 0.783. The van der Waals surface area contributed by atoms with Crippen LogP contribution in [0.5, 0.6) is 0 Å². The van der Waals surface area contributed by atoms with Gasteiger partial charge < -0.3 is 9.64 Å². The quantitative estimate of drug-likeness (QED) is 0.728. The van der Waals surface area contributed by atoms with Gasteiger partial charge in [-0.05, 0) is 63.5 Å². The van der Waals surface area contributed by atoms with E-state index in [0.29, 0.717) is 17.7 Å². The number of piperidine rings is 1. The fourth-order valence-electron chi connectivity index (χ4n) is 5.72. The second kappa shape index (κ2) is 7.73. The third-order valence-corrected chi connectivity index (χ3v) is 8.62. The van der Waals surface area contributed by atoms with Crippen LogP contribution in [0.15, 0.2) is 12.1 Å². The van der Waals surface area contributed by atoms with Crippen molar-refractivity contribution < 1.29 is 9.53 Å². The zero-order valence-electron chi connectivity index (χ0n) is 17.2. The van der Waals surface area contributed by atoms with E-state index in [0.717, 1.165) is 49.9 Å². The highest BCUT2D eigenvalue weighted by atomic mass is 32.1. The minimum atomic E-state index is 0.234. The molecule has 0 radical (unpaired) electrons. The van der Waals surface area contributed by atoms with Crippen molar-refractivity contribution in [3.63, 3.8) is 0 Å². The SMILES string of the molecule is Cc1ccc(C(=O)N2CCC(N3CC(OCC4CC4)C34CCCCC4)CC2)s1. The van der Waals surface area contributed by atoms with Gasteiger partial charge in [0.2, 0.25) is 0 Å². The number of aryl methyl sites for hydroxylation is 1. The number of amides is 1. The van der Waals surface area contributed by atoms with E-state index in [1.54, 1.807) is 11.3 Å². The summed E-state index contributed by atoms with van der Waals surface area (Å²) in [5, 5.41) is 0. The van der Waals surface area contributed by atoms with Crippen LogP contribution in [0, 0.1) is 12.8 Å². The number of nitrogens with zero attached hydrogens (tertiary/aromatic N) is 2. The molecule has 1 spiro atoms. The molecule has 154 valence electrons. The zero-order chi connectivity index (χ0) is 19.1. The molecular formula is C23H34N2O2S. The van der Waals surface area contributed by atoms with Gasteiger partial charge in [-0.3, -0.25) is 9.69 Å². The summed E-state index contributed by atoms with van der Waals surface area (Å²) in [7, 11) is 0. The van der Waals surface area contributed by atoms with Crippen LogP contribution >= 0.6 is 11.3 Å². The van der Waals surface area contributed by atoms with Gasteiger partial charge in [0.25, 0.3) is 5.91 Å². The molecule has 0 N–H and O–H groups in total. The first-order valence-electron chi connectivity index (χ1n) is 11.4. The molecule has 2 aliphatic carbocycles. The largest absolute Gasteiger partial charge is 0.375 e. The number of hydrogen-bond donors (Lipinski definition) is 0. The summed E-state index contributed by atoms with van der Waals surface area (Å²) >= 11 is 1.62. The molecule has 4 fully saturated rings. The Labute approximate surface area is 173 Å². The number of carbonyl (C=O) groups is 1. The third-order valence-electron chi connectivity index (χ3n) is 7.63. The van der Waals surface area contributed by atoms with E-state index < -0.39 is 0 Å². The van der Waals surface area contributed by atoms with Crippen LogP contribution in [0.4, 0.5) is 0 Å². The molecule has 2 aliphatic heterocycles. The monoisotopic (exact) mass is 402 g/mol. The second-order valence-corrected chi connectivity index (χ2v) is 10.8. The van der Waals surface area contributed by atoms with Crippen molar-refractivity contribution in [2.45, 2.75) is 82.4 Å². The fourth-order valence-corrected chi connectivity index (χ4v) is 6.55. The topological polar surface area (TPSA) is 32.8 Å². The minimum absolute atomic E-state index is 0.234. The molecule has 3 heterocycles. The van der Waals surface area contributed by atoms with Gasteiger partial charge in [0.05, 0.1) is 11.0 Å². The van der Waals surface area contributed by atoms with Crippen LogP contribution in [0.25, 0.3) is 0 Å². The lowest BCUT2D eigenvalue weighted by molar-refractivity contribution is -0.202. The highest BCUT2D eigenvalue weighted by molar-refractivity contribution is 7.13. The van der Waals surface area contributed by atoms with Gasteiger partial charge in [-0.15, -0.1) is 11.3 Å². The standard InChI is InChI=1S/C23H34N2O2S/c1-17-5-8-20(28-17)22(26)24-13-9-19(10-14-24)25-15-21(27-16-18-6-7-18)23(25)11-3-2-4-12-23/h5,8,18-19,21H,2-4,6-7,9-16H2,1H3. The number of rotatable bonds is 5. The summed E-state index contributed by atoms with van der Waals surface area (Å²) in [5.41, 5.74) is 0.314. The Morgan fingerprint density at radius 1 is 1.14 bits per heavy atom. The number of ether oxygens (including phenoxy) is 1. The lowest BCUT2D eigenvalue weighted by atomic mass is 9.69. The smallest absolute Gasteiger partial charge is 0.263 e. The van der Waals surface area contributed by atoms with E-state index >= 15 is 0 Å². The summed E-state index contributed by atoms with van der Waals surface area (Å²) in [4.78, 5) is 19.8. The van der Waals surface area contributed by atoms with Gasteiger partial charge in [0.15, 0.2) is 0 Å². The molecule has 2 saturated heterocycles. The Morgan fingerprint density at radius 2 is 1.89 bits per heavy atom. The Balaban J connectivity index is 1.20. The van der Waals surface area contributed by atoms with E-state index in [-0.39, 0.29) is 5.91 Å². The highest BCUT2D eigenvalue weighted by Crippen LogP contribution is 2.48. The average Bonchev–Trinajstić information content (AvgIpc) is 3.46. The van der Waals surface area contributed by atoms with E-state index in [2.05, 4.69) is 22.8 Å². The molecule has 1 amide bonds. The van der Waals surface area contributed by atoms with Crippen molar-refractivity contribution in [2.24, 2.45) is 5.92 Å². The number of likely N-dealkylation sites (tertiary alicyclic amines) is 2. The Kier molecular flexibility index (Phi) is 5.27. The number of hydrogen-bond acceptors (Lipinski definition) is 4. The first kappa shape index (κ1) is 19.1. The molecule has 1 atom stereocenters. The predicted molar refractivity (Wildman–Crippen MR) is 113 cm³/mol. The minimum Gasteiger partial charge on any atom is -0.375 e. The number of carbonyl (C=O) groups excluding carboxylic acids is 1. The summed E-state index contributed by atoms with van der Waals surface area (Å²) in [6, 6.07) is 4.68. The van der Waals surface area contributed by atoms with Crippen LogP contribution in [0.3, 0.4) is 0 Å². The Bertz CT molecular complexity index is 699. The molecule has 0 bridgehead atoms. The summed E-state index contributed by atoms with van der Waals surface area (Å²) in [6.45, 7) is 5.99. The second-order valence-electron chi connectivity index (χ2n) is 9.52. The van der Waals surface area contributed by atoms with Crippen molar-refractivity contribution in [2.75, 3.05) is 26.2 Å². The summed E-state index contributed by atoms with van der Waals surface area (Å²) in [6.07, 6.45) is 12.2. The molecule has 2 saturated carbocycles. The molecule has 28 heavy (non-hydrogen) atoms. The first-order chi connectivity index (χ1) is 13.7. The van der Waals surface area contributed by atoms with Crippen LogP contribution in [-0.2, 0) is 4.74 Å². The summed E-state index contributed by atoms with van der Waals surface area (Å²) in [5.74, 6) is 1.09. The van der Waals surface area contributed by atoms with E-state index in [9.17, 15) is 4.79 Å². The molecule has 5 heteroatoms. The molecule has 1 unspecified atom stereocenters. The van der Waals surface area contributed by atoms with Crippen LogP contribution in [-0.4, -0.2) is 59.6 Å². The normalized spacial score (nSPS) is 28.5. The predicted octanol–water partition coefficient (Wildman–Crippen LogP) is 4.47. The highest BCUT2D eigenvalue weighted by Gasteiger charge is 2.56. The molecular weight excluding hydrogens is 368 g/mol. The molecule has 5 rings (SSSR count). The van der Waals surface area contributed by atoms with Gasteiger partial charge in [0, 0.05) is 42.7 Å². The van der Waals surface area contributed by atoms with Gasteiger partial charge >= 0.3 is 0 Å². The van der Waals surface area contributed by atoms with E-state index in [1.165, 1.54) is 49.8 Å². The maximum atomic E-state index is 12.8. The van der Waals surface area contributed by atoms with Crippen molar-refractivity contribution in [1.29, 1.82) is 0 Å². The Morgan fingerprint density at radius 3 is 2.54 bits per heavy atom. The third kappa shape index (κ3) is 3.54. The van der Waals surface area contributed by atoms with Gasteiger partial charge in [-0.25, -0.2) is 0 Å². The molecule has 1 aromatic rings.